The van der Waals surface area contributed by atoms with Crippen LogP contribution in [0.2, 0.25) is 0 Å². The number of anilines is 1. The number of ether oxygens (including phenoxy) is 1. The van der Waals surface area contributed by atoms with Crippen molar-refractivity contribution in [1.29, 1.82) is 0 Å². The number of hydrogen-bond donors (Lipinski definition) is 1. The third kappa shape index (κ3) is 4.97. The fourth-order valence-electron chi connectivity index (χ4n) is 3.59. The lowest BCUT2D eigenvalue weighted by Crippen LogP contribution is -2.18. The number of allylic oxidation sites excluding steroid dienone is 1. The molecule has 10 heteroatoms. The molecular weight excluding hydrogens is 461 g/mol. The van der Waals surface area contributed by atoms with Gasteiger partial charge in [-0.2, -0.15) is 0 Å². The summed E-state index contributed by atoms with van der Waals surface area (Å²) in [5, 5.41) is 1.43. The van der Waals surface area contributed by atoms with Gasteiger partial charge in [-0.05, 0) is 42.5 Å². The van der Waals surface area contributed by atoms with Crippen LogP contribution < -0.4 is 9.46 Å². The van der Waals surface area contributed by atoms with Crippen LogP contribution in [0.1, 0.15) is 24.8 Å². The number of benzene rings is 2. The number of halogens is 3. The standard InChI is InChI=1S/C22H19F3N2O3S2/c23-16-7-5-14(6-8-16)17-4-2-1-3-15(17)11-30-20-9-19(25)21(10-18(20)24)32(28,29)27-22-12-31-13-26-22/h4-10,12-13,15,27H,1-3,11H2. The lowest BCUT2D eigenvalue weighted by atomic mass is 9.84. The summed E-state index contributed by atoms with van der Waals surface area (Å²) in [6.07, 6.45) is 4.60. The summed E-state index contributed by atoms with van der Waals surface area (Å²) in [5.41, 5.74) is 3.22. The van der Waals surface area contributed by atoms with Crippen LogP contribution in [0.25, 0.3) is 5.57 Å². The van der Waals surface area contributed by atoms with E-state index in [1.54, 1.807) is 12.1 Å². The van der Waals surface area contributed by atoms with E-state index < -0.39 is 26.6 Å². The smallest absolute Gasteiger partial charge is 0.266 e. The second-order valence-corrected chi connectivity index (χ2v) is 9.67. The van der Waals surface area contributed by atoms with E-state index in [4.69, 9.17) is 4.74 Å². The SMILES string of the molecule is O=S(=O)(Nc1cscn1)c1cc(F)c(OCC2CCCC=C2c2ccc(F)cc2)cc1F. The first-order valence-corrected chi connectivity index (χ1v) is 12.2. The molecule has 1 N–H and O–H groups in total. The summed E-state index contributed by atoms with van der Waals surface area (Å²) in [5.74, 6) is -2.91. The van der Waals surface area contributed by atoms with Crippen LogP contribution in [0.15, 0.2) is 58.3 Å². The molecule has 168 valence electrons. The highest BCUT2D eigenvalue weighted by Crippen LogP contribution is 2.34. The molecule has 2 aromatic carbocycles. The van der Waals surface area contributed by atoms with Gasteiger partial charge in [0.1, 0.15) is 16.5 Å². The van der Waals surface area contributed by atoms with Gasteiger partial charge < -0.3 is 4.74 Å². The topological polar surface area (TPSA) is 68.3 Å². The minimum Gasteiger partial charge on any atom is -0.490 e. The Hall–Kier alpha value is -2.85. The van der Waals surface area contributed by atoms with Crippen molar-refractivity contribution in [3.05, 3.63) is 76.4 Å². The van der Waals surface area contributed by atoms with Crippen molar-refractivity contribution in [2.75, 3.05) is 11.3 Å². The van der Waals surface area contributed by atoms with Gasteiger partial charge >= 0.3 is 0 Å². The van der Waals surface area contributed by atoms with Gasteiger partial charge in [-0.15, -0.1) is 11.3 Å². The van der Waals surface area contributed by atoms with Gasteiger partial charge in [-0.25, -0.2) is 26.6 Å². The molecule has 1 aliphatic carbocycles. The molecule has 1 aromatic heterocycles. The Morgan fingerprint density at radius 1 is 1.12 bits per heavy atom. The number of aromatic nitrogens is 1. The Morgan fingerprint density at radius 3 is 2.62 bits per heavy atom. The Labute approximate surface area is 187 Å². The molecule has 0 saturated heterocycles. The lowest BCUT2D eigenvalue weighted by Gasteiger charge is -2.25. The number of hydrogen-bond acceptors (Lipinski definition) is 5. The van der Waals surface area contributed by atoms with Crippen LogP contribution in [-0.4, -0.2) is 20.0 Å². The quantitative estimate of drug-likeness (QED) is 0.476. The van der Waals surface area contributed by atoms with Crippen LogP contribution in [0.5, 0.6) is 5.75 Å². The second kappa shape index (κ2) is 9.33. The maximum absolute atomic E-state index is 14.6. The van der Waals surface area contributed by atoms with E-state index in [0.717, 1.165) is 47.8 Å². The van der Waals surface area contributed by atoms with Gasteiger partial charge in [0.2, 0.25) is 0 Å². The van der Waals surface area contributed by atoms with E-state index in [2.05, 4.69) is 9.71 Å². The number of nitrogens with zero attached hydrogens (tertiary/aromatic N) is 1. The van der Waals surface area contributed by atoms with Gasteiger partial charge in [0, 0.05) is 23.4 Å². The Bertz CT molecular complexity index is 1230. The molecule has 4 rings (SSSR count). The summed E-state index contributed by atoms with van der Waals surface area (Å²) in [7, 11) is -4.35. The van der Waals surface area contributed by atoms with Gasteiger partial charge in [-0.3, -0.25) is 4.72 Å². The Kier molecular flexibility index (Phi) is 6.52. The summed E-state index contributed by atoms with van der Waals surface area (Å²) in [6, 6.07) is 7.42. The maximum Gasteiger partial charge on any atom is 0.266 e. The van der Waals surface area contributed by atoms with Crippen LogP contribution in [-0.2, 0) is 10.0 Å². The molecule has 32 heavy (non-hydrogen) atoms. The van der Waals surface area contributed by atoms with E-state index in [-0.39, 0.29) is 29.9 Å². The van der Waals surface area contributed by atoms with Crippen LogP contribution in [0.3, 0.4) is 0 Å². The van der Waals surface area contributed by atoms with Crippen LogP contribution in [0.4, 0.5) is 19.0 Å². The van der Waals surface area contributed by atoms with Crippen molar-refractivity contribution in [1.82, 2.24) is 4.98 Å². The van der Waals surface area contributed by atoms with E-state index in [1.165, 1.54) is 23.0 Å². The molecular formula is C22H19F3N2O3S2. The van der Waals surface area contributed by atoms with Crippen molar-refractivity contribution in [2.24, 2.45) is 5.92 Å². The van der Waals surface area contributed by atoms with Gasteiger partial charge in [0.25, 0.3) is 10.0 Å². The minimum atomic E-state index is -4.35. The molecule has 0 amide bonds. The lowest BCUT2D eigenvalue weighted by molar-refractivity contribution is 0.255. The molecule has 1 heterocycles. The molecule has 1 unspecified atom stereocenters. The van der Waals surface area contributed by atoms with Crippen LogP contribution in [0, 0.1) is 23.4 Å². The molecule has 0 radical (unpaired) electrons. The van der Waals surface area contributed by atoms with Crippen molar-refractivity contribution in [3.8, 4) is 5.75 Å². The van der Waals surface area contributed by atoms with E-state index >= 15 is 0 Å². The molecule has 0 aliphatic heterocycles. The molecule has 0 spiro atoms. The zero-order valence-corrected chi connectivity index (χ0v) is 18.4. The zero-order valence-electron chi connectivity index (χ0n) is 16.7. The fraction of sp³-hybridized carbons (Fsp3) is 0.227. The van der Waals surface area contributed by atoms with Gasteiger partial charge in [-0.1, -0.05) is 18.2 Å². The van der Waals surface area contributed by atoms with E-state index in [9.17, 15) is 21.6 Å². The molecule has 0 fully saturated rings. The van der Waals surface area contributed by atoms with Crippen molar-refractivity contribution >= 4 is 32.8 Å². The molecule has 1 atom stereocenters. The molecule has 5 nitrogen and oxygen atoms in total. The second-order valence-electron chi connectivity index (χ2n) is 7.30. The fourth-order valence-corrected chi connectivity index (χ4v) is 5.22. The predicted molar refractivity (Wildman–Crippen MR) is 116 cm³/mol. The highest BCUT2D eigenvalue weighted by molar-refractivity contribution is 7.92. The summed E-state index contributed by atoms with van der Waals surface area (Å²) in [6.45, 7) is 0.0722. The molecule has 0 bridgehead atoms. The van der Waals surface area contributed by atoms with Crippen molar-refractivity contribution < 1.29 is 26.3 Å². The first-order chi connectivity index (χ1) is 15.3. The number of rotatable bonds is 7. The first kappa shape index (κ1) is 22.3. The zero-order chi connectivity index (χ0) is 22.7. The highest BCUT2D eigenvalue weighted by atomic mass is 32.2. The highest BCUT2D eigenvalue weighted by Gasteiger charge is 2.25. The average Bonchev–Trinajstić information content (AvgIpc) is 3.27. The summed E-state index contributed by atoms with van der Waals surface area (Å²) >= 11 is 1.16. The average molecular weight is 481 g/mol. The number of sulfonamides is 1. The normalized spacial score (nSPS) is 16.5. The largest absolute Gasteiger partial charge is 0.490 e. The molecule has 1 aliphatic rings. The van der Waals surface area contributed by atoms with Crippen molar-refractivity contribution in [2.45, 2.75) is 24.2 Å². The van der Waals surface area contributed by atoms with E-state index in [1.807, 2.05) is 6.08 Å². The third-order valence-corrected chi connectivity index (χ3v) is 7.08. The summed E-state index contributed by atoms with van der Waals surface area (Å²) < 4.78 is 74.8. The van der Waals surface area contributed by atoms with Gasteiger partial charge in [0.15, 0.2) is 17.4 Å². The summed E-state index contributed by atoms with van der Waals surface area (Å²) in [4.78, 5) is 2.94. The minimum absolute atomic E-state index is 0.0209. The van der Waals surface area contributed by atoms with Gasteiger partial charge in [0.05, 0.1) is 12.1 Å². The predicted octanol–water partition coefficient (Wildman–Crippen LogP) is 5.62. The number of nitrogens with one attached hydrogen (secondary N) is 1. The van der Waals surface area contributed by atoms with E-state index in [0.29, 0.717) is 6.07 Å². The Morgan fingerprint density at radius 2 is 1.91 bits per heavy atom. The molecule has 3 aromatic rings. The maximum atomic E-state index is 14.6. The first-order valence-electron chi connectivity index (χ1n) is 9.82. The molecule has 0 saturated carbocycles. The monoisotopic (exact) mass is 480 g/mol. The van der Waals surface area contributed by atoms with Crippen LogP contribution >= 0.6 is 11.3 Å². The third-order valence-electron chi connectivity index (χ3n) is 5.13. The Balaban J connectivity index is 1.51. The van der Waals surface area contributed by atoms with Crippen molar-refractivity contribution in [3.63, 3.8) is 0 Å². The number of thiazole rings is 1.